The van der Waals surface area contributed by atoms with Gasteiger partial charge in [0.2, 0.25) is 5.88 Å². The highest BCUT2D eigenvalue weighted by Crippen LogP contribution is 2.16. The third-order valence-electron chi connectivity index (χ3n) is 2.36. The van der Waals surface area contributed by atoms with Crippen LogP contribution in [0.2, 0.25) is 0 Å². The molecule has 1 N–H and O–H groups in total. The van der Waals surface area contributed by atoms with Gasteiger partial charge < -0.3 is 10.1 Å². The topological polar surface area (TPSA) is 47.0 Å². The smallest absolute Gasteiger partial charge is 0.217 e. The first kappa shape index (κ1) is 10.7. The lowest BCUT2D eigenvalue weighted by molar-refractivity contribution is 0.154. The van der Waals surface area contributed by atoms with E-state index >= 15 is 0 Å². The van der Waals surface area contributed by atoms with E-state index in [0.717, 1.165) is 31.1 Å². The van der Waals surface area contributed by atoms with Crippen LogP contribution in [-0.4, -0.2) is 35.4 Å². The molecule has 15 heavy (non-hydrogen) atoms. The summed E-state index contributed by atoms with van der Waals surface area (Å²) in [5.74, 6) is 0.696. The van der Waals surface area contributed by atoms with E-state index in [1.165, 1.54) is 11.8 Å². The van der Waals surface area contributed by atoms with Crippen molar-refractivity contribution in [3.05, 3.63) is 12.3 Å². The van der Waals surface area contributed by atoms with Gasteiger partial charge in [-0.15, -0.1) is 0 Å². The molecule has 1 aromatic heterocycles. The summed E-state index contributed by atoms with van der Waals surface area (Å²) in [4.78, 5) is 8.41. The molecule has 0 amide bonds. The predicted molar refractivity (Wildman–Crippen MR) is 60.3 cm³/mol. The number of nitrogens with zero attached hydrogens (tertiary/aromatic N) is 2. The lowest BCUT2D eigenvalue weighted by atomic mass is 10.1. The number of nitrogens with one attached hydrogen (secondary N) is 1. The van der Waals surface area contributed by atoms with E-state index in [4.69, 9.17) is 4.74 Å². The van der Waals surface area contributed by atoms with Crippen LogP contribution in [-0.2, 0) is 0 Å². The Morgan fingerprint density at radius 1 is 1.47 bits per heavy atom. The fraction of sp³-hybridized carbons (Fsp3) is 0.600. The Morgan fingerprint density at radius 2 is 2.27 bits per heavy atom. The molecule has 1 fully saturated rings. The second kappa shape index (κ2) is 5.32. The zero-order chi connectivity index (χ0) is 10.5. The molecule has 2 heterocycles. The Morgan fingerprint density at radius 3 is 3.00 bits per heavy atom. The highest BCUT2D eigenvalue weighted by molar-refractivity contribution is 7.98. The molecule has 0 spiro atoms. The standard InChI is InChI=1S/C10H15N3OS/c1-15-10-12-7-4-9(13-10)14-8-2-5-11-6-3-8/h4,7-8,11H,2-3,5-6H2,1H3. The average Bonchev–Trinajstić information content (AvgIpc) is 2.31. The summed E-state index contributed by atoms with van der Waals surface area (Å²) in [6.07, 6.45) is 6.12. The summed E-state index contributed by atoms with van der Waals surface area (Å²) in [7, 11) is 0. The van der Waals surface area contributed by atoms with E-state index in [2.05, 4.69) is 15.3 Å². The SMILES string of the molecule is CSc1nccc(OC2CCNCC2)n1. The second-order valence-corrected chi connectivity index (χ2v) is 4.22. The first-order valence-corrected chi connectivity index (χ1v) is 6.35. The van der Waals surface area contributed by atoms with E-state index in [1.807, 2.05) is 12.3 Å². The Labute approximate surface area is 93.8 Å². The van der Waals surface area contributed by atoms with Gasteiger partial charge in [-0.25, -0.2) is 4.98 Å². The third-order valence-corrected chi connectivity index (χ3v) is 2.93. The molecule has 0 radical (unpaired) electrons. The molecule has 5 heteroatoms. The van der Waals surface area contributed by atoms with Crippen LogP contribution in [0.1, 0.15) is 12.8 Å². The van der Waals surface area contributed by atoms with Crippen LogP contribution in [0, 0.1) is 0 Å². The molecular formula is C10H15N3OS. The fourth-order valence-corrected chi connectivity index (χ4v) is 1.92. The quantitative estimate of drug-likeness (QED) is 0.621. The van der Waals surface area contributed by atoms with Gasteiger partial charge in [-0.1, -0.05) is 11.8 Å². The van der Waals surface area contributed by atoms with Crippen molar-refractivity contribution in [3.8, 4) is 5.88 Å². The largest absolute Gasteiger partial charge is 0.474 e. The first-order valence-electron chi connectivity index (χ1n) is 5.13. The summed E-state index contributed by atoms with van der Waals surface area (Å²) < 4.78 is 5.79. The zero-order valence-electron chi connectivity index (χ0n) is 8.77. The van der Waals surface area contributed by atoms with Crippen molar-refractivity contribution in [2.75, 3.05) is 19.3 Å². The normalized spacial score (nSPS) is 17.7. The molecule has 0 aliphatic carbocycles. The Balaban J connectivity index is 1.96. The lowest BCUT2D eigenvalue weighted by Crippen LogP contribution is -2.34. The van der Waals surface area contributed by atoms with E-state index in [0.29, 0.717) is 12.0 Å². The molecule has 0 bridgehead atoms. The summed E-state index contributed by atoms with van der Waals surface area (Å²) in [5, 5.41) is 4.07. The predicted octanol–water partition coefficient (Wildman–Crippen LogP) is 1.33. The molecule has 1 aromatic rings. The average molecular weight is 225 g/mol. The molecule has 1 aliphatic heterocycles. The molecular weight excluding hydrogens is 210 g/mol. The van der Waals surface area contributed by atoms with Gasteiger partial charge in [0.1, 0.15) is 6.10 Å². The van der Waals surface area contributed by atoms with Crippen molar-refractivity contribution in [2.24, 2.45) is 0 Å². The molecule has 4 nitrogen and oxygen atoms in total. The molecule has 82 valence electrons. The van der Waals surface area contributed by atoms with Crippen LogP contribution in [0.4, 0.5) is 0 Å². The van der Waals surface area contributed by atoms with Crippen LogP contribution in [0.3, 0.4) is 0 Å². The van der Waals surface area contributed by atoms with E-state index in [-0.39, 0.29) is 0 Å². The highest BCUT2D eigenvalue weighted by Gasteiger charge is 2.14. The van der Waals surface area contributed by atoms with Crippen molar-refractivity contribution < 1.29 is 4.74 Å². The summed E-state index contributed by atoms with van der Waals surface area (Å²) >= 11 is 1.53. The molecule has 0 aromatic carbocycles. The molecule has 2 rings (SSSR count). The number of rotatable bonds is 3. The monoisotopic (exact) mass is 225 g/mol. The van der Waals surface area contributed by atoms with Crippen molar-refractivity contribution >= 4 is 11.8 Å². The number of thioether (sulfide) groups is 1. The van der Waals surface area contributed by atoms with Crippen LogP contribution in [0.25, 0.3) is 0 Å². The minimum absolute atomic E-state index is 0.302. The van der Waals surface area contributed by atoms with Gasteiger partial charge in [0.25, 0.3) is 0 Å². The maximum Gasteiger partial charge on any atom is 0.217 e. The summed E-state index contributed by atoms with van der Waals surface area (Å²) in [6.45, 7) is 2.07. The van der Waals surface area contributed by atoms with Gasteiger partial charge >= 0.3 is 0 Å². The van der Waals surface area contributed by atoms with Gasteiger partial charge in [-0.2, -0.15) is 4.98 Å². The third kappa shape index (κ3) is 3.07. The minimum Gasteiger partial charge on any atom is -0.474 e. The maximum absolute atomic E-state index is 5.79. The molecule has 0 saturated carbocycles. The molecule has 1 aliphatic rings. The molecule has 1 saturated heterocycles. The van der Waals surface area contributed by atoms with Crippen molar-refractivity contribution in [2.45, 2.75) is 24.1 Å². The van der Waals surface area contributed by atoms with Crippen molar-refractivity contribution in [3.63, 3.8) is 0 Å². The van der Waals surface area contributed by atoms with Crippen molar-refractivity contribution in [1.82, 2.24) is 15.3 Å². The number of hydrogen-bond donors (Lipinski definition) is 1. The first-order chi connectivity index (χ1) is 7.38. The maximum atomic E-state index is 5.79. The van der Waals surface area contributed by atoms with E-state index < -0.39 is 0 Å². The van der Waals surface area contributed by atoms with Crippen LogP contribution < -0.4 is 10.1 Å². The Kier molecular flexibility index (Phi) is 3.80. The van der Waals surface area contributed by atoms with Crippen LogP contribution in [0.15, 0.2) is 17.4 Å². The highest BCUT2D eigenvalue weighted by atomic mass is 32.2. The fourth-order valence-electron chi connectivity index (χ4n) is 1.57. The van der Waals surface area contributed by atoms with Crippen LogP contribution >= 0.6 is 11.8 Å². The van der Waals surface area contributed by atoms with Gasteiger partial charge in [-0.05, 0) is 32.2 Å². The van der Waals surface area contributed by atoms with Crippen molar-refractivity contribution in [1.29, 1.82) is 0 Å². The lowest BCUT2D eigenvalue weighted by Gasteiger charge is -2.23. The number of hydrogen-bond acceptors (Lipinski definition) is 5. The number of piperidine rings is 1. The van der Waals surface area contributed by atoms with Gasteiger partial charge in [-0.3, -0.25) is 0 Å². The minimum atomic E-state index is 0.302. The van der Waals surface area contributed by atoms with E-state index in [9.17, 15) is 0 Å². The number of aromatic nitrogens is 2. The second-order valence-electron chi connectivity index (χ2n) is 3.45. The molecule has 0 atom stereocenters. The van der Waals surface area contributed by atoms with Gasteiger partial charge in [0.15, 0.2) is 5.16 Å². The Hall–Kier alpha value is -0.810. The van der Waals surface area contributed by atoms with Crippen LogP contribution in [0.5, 0.6) is 5.88 Å². The Bertz CT molecular complexity index is 315. The van der Waals surface area contributed by atoms with E-state index in [1.54, 1.807) is 6.20 Å². The summed E-state index contributed by atoms with van der Waals surface area (Å²) in [5.41, 5.74) is 0. The van der Waals surface area contributed by atoms with Gasteiger partial charge in [0, 0.05) is 12.3 Å². The molecule has 0 unspecified atom stereocenters. The zero-order valence-corrected chi connectivity index (χ0v) is 9.59. The van der Waals surface area contributed by atoms with Gasteiger partial charge in [0.05, 0.1) is 0 Å². The number of ether oxygens (including phenoxy) is 1. The summed E-state index contributed by atoms with van der Waals surface area (Å²) in [6, 6.07) is 1.82.